The van der Waals surface area contributed by atoms with Gasteiger partial charge in [-0.25, -0.2) is 35.8 Å². The van der Waals surface area contributed by atoms with Crippen LogP contribution in [-0.4, -0.2) is 23.0 Å². The molecule has 0 N–H and O–H groups in total. The fourth-order valence-electron chi connectivity index (χ4n) is 2.90. The van der Waals surface area contributed by atoms with Crippen LogP contribution in [0.15, 0.2) is 24.3 Å². The van der Waals surface area contributed by atoms with Gasteiger partial charge in [-0.15, -0.1) is 0 Å². The quantitative estimate of drug-likeness (QED) is 0.566. The molecule has 8 heteroatoms. The molecular formula is C17H13F6N2+. The zero-order chi connectivity index (χ0) is 18.5. The number of halogens is 6. The Balaban J connectivity index is 2.15. The lowest BCUT2D eigenvalue weighted by atomic mass is 10.0. The van der Waals surface area contributed by atoms with Crippen LogP contribution in [0.1, 0.15) is 13.8 Å². The van der Waals surface area contributed by atoms with Gasteiger partial charge in [0.15, 0.2) is 34.6 Å². The minimum atomic E-state index is -1.15. The highest BCUT2D eigenvalue weighted by atomic mass is 19.2. The summed E-state index contributed by atoms with van der Waals surface area (Å²) in [7, 11) is 0. The molecule has 1 heterocycles. The largest absolute Gasteiger partial charge is 0.245 e. The van der Waals surface area contributed by atoms with Gasteiger partial charge in [0.05, 0.1) is 0 Å². The standard InChI is InChI=1S/C17H13F6N2/c1-17(2)7-24(15-11(20)3-9(18)4-12(15)21)8-25(17)16-13(22)5-10(19)6-14(16)23/h3-6,8H,7H2,1-2H3/q+1. The lowest BCUT2D eigenvalue weighted by Crippen LogP contribution is -2.36. The average molecular weight is 359 g/mol. The van der Waals surface area contributed by atoms with Crippen LogP contribution in [0, 0.1) is 34.9 Å². The van der Waals surface area contributed by atoms with Crippen LogP contribution in [0.5, 0.6) is 0 Å². The summed E-state index contributed by atoms with van der Waals surface area (Å²) >= 11 is 0. The molecule has 0 aliphatic carbocycles. The van der Waals surface area contributed by atoms with Crippen LogP contribution in [0.25, 0.3) is 0 Å². The molecule has 0 amide bonds. The predicted octanol–water partition coefficient (Wildman–Crippen LogP) is 4.49. The highest BCUT2D eigenvalue weighted by Crippen LogP contribution is 2.34. The van der Waals surface area contributed by atoms with Gasteiger partial charge in [-0.05, 0) is 13.8 Å². The predicted molar refractivity (Wildman–Crippen MR) is 80.0 cm³/mol. The topological polar surface area (TPSA) is 6.25 Å². The molecule has 2 nitrogen and oxygen atoms in total. The molecule has 0 fully saturated rings. The van der Waals surface area contributed by atoms with E-state index in [1.807, 2.05) is 0 Å². The van der Waals surface area contributed by atoms with Crippen molar-refractivity contribution in [2.75, 3.05) is 11.4 Å². The molecule has 0 saturated heterocycles. The fraction of sp³-hybridized carbons (Fsp3) is 0.235. The van der Waals surface area contributed by atoms with Crippen molar-refractivity contribution in [1.29, 1.82) is 0 Å². The number of hydrogen-bond acceptors (Lipinski definition) is 1. The first-order valence-electron chi connectivity index (χ1n) is 7.30. The first-order chi connectivity index (χ1) is 11.6. The monoisotopic (exact) mass is 359 g/mol. The molecule has 3 rings (SSSR count). The van der Waals surface area contributed by atoms with Crippen molar-refractivity contribution >= 4 is 17.7 Å². The molecule has 0 unspecified atom stereocenters. The Kier molecular flexibility index (Phi) is 4.01. The third-order valence-corrected chi connectivity index (χ3v) is 3.96. The molecule has 0 atom stereocenters. The molecule has 1 aliphatic rings. The van der Waals surface area contributed by atoms with Crippen LogP contribution < -0.4 is 4.90 Å². The van der Waals surface area contributed by atoms with Crippen LogP contribution in [-0.2, 0) is 0 Å². The Hall–Kier alpha value is -2.51. The summed E-state index contributed by atoms with van der Waals surface area (Å²) in [6, 6.07) is 2.07. The lowest BCUT2D eigenvalue weighted by Gasteiger charge is -2.19. The Labute approximate surface area is 139 Å². The van der Waals surface area contributed by atoms with Crippen molar-refractivity contribution in [2.24, 2.45) is 0 Å². The molecule has 0 radical (unpaired) electrons. The van der Waals surface area contributed by atoms with E-state index in [2.05, 4.69) is 0 Å². The Morgan fingerprint density at radius 2 is 1.24 bits per heavy atom. The smallest absolute Gasteiger partial charge is 0.224 e. The number of rotatable bonds is 2. The SMILES string of the molecule is CC1(C)CN(c2c(F)cc(F)cc2F)C=[N+]1c1c(F)cc(F)cc1F. The van der Waals surface area contributed by atoms with Crippen LogP contribution in [0.2, 0.25) is 0 Å². The highest BCUT2D eigenvalue weighted by Gasteiger charge is 2.44. The van der Waals surface area contributed by atoms with Crippen molar-refractivity contribution in [1.82, 2.24) is 0 Å². The summed E-state index contributed by atoms with van der Waals surface area (Å²) in [6.07, 6.45) is 1.11. The maximum Gasteiger partial charge on any atom is 0.245 e. The Bertz CT molecular complexity index is 845. The first kappa shape index (κ1) is 17.3. The van der Waals surface area contributed by atoms with E-state index in [0.717, 1.165) is 15.8 Å². The summed E-state index contributed by atoms with van der Waals surface area (Å²) in [6.45, 7) is 3.14. The van der Waals surface area contributed by atoms with Gasteiger partial charge < -0.3 is 0 Å². The molecule has 2 aromatic carbocycles. The summed E-state index contributed by atoms with van der Waals surface area (Å²) in [5.41, 5.74) is -2.07. The molecule has 1 aliphatic heterocycles. The van der Waals surface area contributed by atoms with Crippen molar-refractivity contribution < 1.29 is 30.9 Å². The van der Waals surface area contributed by atoms with Crippen LogP contribution in [0.4, 0.5) is 37.7 Å². The summed E-state index contributed by atoms with van der Waals surface area (Å²) in [5, 5.41) is 0. The van der Waals surface area contributed by atoms with E-state index in [4.69, 9.17) is 0 Å². The van der Waals surface area contributed by atoms with Gasteiger partial charge in [0.2, 0.25) is 6.34 Å². The zero-order valence-electron chi connectivity index (χ0n) is 13.3. The van der Waals surface area contributed by atoms with Crippen molar-refractivity contribution in [2.45, 2.75) is 19.4 Å². The molecule has 25 heavy (non-hydrogen) atoms. The van der Waals surface area contributed by atoms with Gasteiger partial charge in [-0.3, -0.25) is 0 Å². The number of anilines is 1. The minimum absolute atomic E-state index is 0.0390. The van der Waals surface area contributed by atoms with Crippen molar-refractivity contribution in [3.63, 3.8) is 0 Å². The van der Waals surface area contributed by atoms with Gasteiger partial charge in [0.25, 0.3) is 0 Å². The molecule has 0 spiro atoms. The fourth-order valence-corrected chi connectivity index (χ4v) is 2.90. The number of nitrogens with zero attached hydrogens (tertiary/aromatic N) is 2. The number of benzene rings is 2. The molecule has 0 saturated carbocycles. The van der Waals surface area contributed by atoms with Gasteiger partial charge in [0.1, 0.15) is 23.7 Å². The second-order valence-corrected chi connectivity index (χ2v) is 6.36. The maximum atomic E-state index is 14.1. The third-order valence-electron chi connectivity index (χ3n) is 3.96. The van der Waals surface area contributed by atoms with E-state index in [9.17, 15) is 26.3 Å². The van der Waals surface area contributed by atoms with Crippen LogP contribution in [0.3, 0.4) is 0 Å². The zero-order valence-corrected chi connectivity index (χ0v) is 13.3. The van der Waals surface area contributed by atoms with Gasteiger partial charge in [-0.1, -0.05) is 0 Å². The van der Waals surface area contributed by atoms with Crippen LogP contribution >= 0.6 is 0 Å². The van der Waals surface area contributed by atoms with E-state index < -0.39 is 51.8 Å². The normalized spacial score (nSPS) is 16.3. The van der Waals surface area contributed by atoms with E-state index >= 15 is 0 Å². The van der Waals surface area contributed by atoms with Gasteiger partial charge >= 0.3 is 0 Å². The summed E-state index contributed by atoms with van der Waals surface area (Å²) < 4.78 is 83.5. The molecule has 2 aromatic rings. The number of hydrogen-bond donors (Lipinski definition) is 0. The van der Waals surface area contributed by atoms with E-state index in [0.29, 0.717) is 24.3 Å². The highest BCUT2D eigenvalue weighted by molar-refractivity contribution is 5.79. The first-order valence-corrected chi connectivity index (χ1v) is 7.30. The van der Waals surface area contributed by atoms with E-state index in [1.165, 1.54) is 0 Å². The summed E-state index contributed by atoms with van der Waals surface area (Å²) in [4.78, 5) is 1.09. The third kappa shape index (κ3) is 2.96. The minimum Gasteiger partial charge on any atom is -0.224 e. The average Bonchev–Trinajstić information content (AvgIpc) is 2.72. The Morgan fingerprint density at radius 1 is 0.800 bits per heavy atom. The van der Waals surface area contributed by atoms with Gasteiger partial charge in [-0.2, -0.15) is 0 Å². The van der Waals surface area contributed by atoms with Crippen molar-refractivity contribution in [3.05, 3.63) is 59.2 Å². The maximum absolute atomic E-state index is 14.1. The Morgan fingerprint density at radius 3 is 1.72 bits per heavy atom. The van der Waals surface area contributed by atoms with E-state index in [-0.39, 0.29) is 6.54 Å². The molecule has 0 aromatic heterocycles. The van der Waals surface area contributed by atoms with Gasteiger partial charge in [0, 0.05) is 24.3 Å². The second kappa shape index (κ2) is 5.79. The lowest BCUT2D eigenvalue weighted by molar-refractivity contribution is -0.511. The molecular weight excluding hydrogens is 346 g/mol. The van der Waals surface area contributed by atoms with Crippen molar-refractivity contribution in [3.8, 4) is 0 Å². The molecule has 0 bridgehead atoms. The molecule has 132 valence electrons. The van der Waals surface area contributed by atoms with E-state index in [1.54, 1.807) is 13.8 Å². The second-order valence-electron chi connectivity index (χ2n) is 6.36. The summed E-state index contributed by atoms with van der Waals surface area (Å²) in [5.74, 6) is -6.75.